The lowest BCUT2D eigenvalue weighted by atomic mass is 9.97. The maximum Gasteiger partial charge on any atom is 0.263 e. The molecule has 3 rings (SSSR count). The Labute approximate surface area is 179 Å². The smallest absolute Gasteiger partial charge is 0.263 e. The van der Waals surface area contributed by atoms with Crippen molar-refractivity contribution >= 4 is 29.1 Å². The Balaban J connectivity index is 1.65. The van der Waals surface area contributed by atoms with Gasteiger partial charge in [0.15, 0.2) is 0 Å². The van der Waals surface area contributed by atoms with Crippen LogP contribution in [0, 0.1) is 5.92 Å². The summed E-state index contributed by atoms with van der Waals surface area (Å²) >= 11 is 5.85. The van der Waals surface area contributed by atoms with E-state index in [1.165, 1.54) is 12.1 Å². The van der Waals surface area contributed by atoms with Crippen LogP contribution in [0.4, 0.5) is 5.69 Å². The van der Waals surface area contributed by atoms with Gasteiger partial charge in [0.25, 0.3) is 5.91 Å². The van der Waals surface area contributed by atoms with E-state index in [2.05, 4.69) is 0 Å². The first-order valence-electron chi connectivity index (χ1n) is 9.33. The Hall–Kier alpha value is -3.35. The van der Waals surface area contributed by atoms with Crippen molar-refractivity contribution in [2.24, 2.45) is 11.7 Å². The van der Waals surface area contributed by atoms with Gasteiger partial charge >= 0.3 is 0 Å². The van der Waals surface area contributed by atoms with Crippen molar-refractivity contribution in [1.29, 1.82) is 0 Å². The molecule has 0 saturated carbocycles. The first-order chi connectivity index (χ1) is 14.4. The Morgan fingerprint density at radius 2 is 1.50 bits per heavy atom. The van der Waals surface area contributed by atoms with E-state index in [0.29, 0.717) is 28.0 Å². The summed E-state index contributed by atoms with van der Waals surface area (Å²) in [6, 6.07) is 22.5. The zero-order valence-corrected chi connectivity index (χ0v) is 16.8. The minimum absolute atomic E-state index is 0.201. The van der Waals surface area contributed by atoms with Gasteiger partial charge < -0.3 is 10.5 Å². The Morgan fingerprint density at radius 1 is 0.933 bits per heavy atom. The summed E-state index contributed by atoms with van der Waals surface area (Å²) in [5.41, 5.74) is 6.59. The fourth-order valence-corrected chi connectivity index (χ4v) is 3.04. The normalized spacial score (nSPS) is 11.5. The van der Waals surface area contributed by atoms with Gasteiger partial charge in [-0.25, -0.2) is 0 Å². The van der Waals surface area contributed by atoms with Crippen molar-refractivity contribution in [1.82, 2.24) is 0 Å². The summed E-state index contributed by atoms with van der Waals surface area (Å²) in [5, 5.41) is 11.4. The molecular weight excluding hydrogens is 404 g/mol. The van der Waals surface area contributed by atoms with Gasteiger partial charge in [-0.2, -0.15) is 5.06 Å². The minimum atomic E-state index is -1.14. The van der Waals surface area contributed by atoms with Gasteiger partial charge in [-0.3, -0.25) is 14.8 Å². The topological polar surface area (TPSA) is 92.9 Å². The molecule has 154 valence electrons. The number of halogens is 1. The van der Waals surface area contributed by atoms with E-state index in [1.54, 1.807) is 36.4 Å². The molecule has 7 heteroatoms. The highest BCUT2D eigenvalue weighted by molar-refractivity contribution is 6.30. The second-order valence-electron chi connectivity index (χ2n) is 6.68. The number of carbonyl (C=O) groups is 2. The van der Waals surface area contributed by atoms with Crippen LogP contribution in [0.25, 0.3) is 0 Å². The molecule has 0 aromatic heterocycles. The molecule has 0 bridgehead atoms. The quantitative estimate of drug-likeness (QED) is 0.314. The number of nitrogens with two attached hydrogens (primary N) is 1. The molecule has 3 N–H and O–H groups in total. The van der Waals surface area contributed by atoms with Crippen molar-refractivity contribution in [2.45, 2.75) is 12.8 Å². The third-order valence-electron chi connectivity index (χ3n) is 4.55. The van der Waals surface area contributed by atoms with Crippen LogP contribution in [-0.2, 0) is 16.0 Å². The molecule has 1 unspecified atom stereocenters. The third kappa shape index (κ3) is 5.59. The van der Waals surface area contributed by atoms with Crippen LogP contribution in [0.1, 0.15) is 12.0 Å². The van der Waals surface area contributed by atoms with Crippen molar-refractivity contribution in [3.05, 3.63) is 89.4 Å². The van der Waals surface area contributed by atoms with Gasteiger partial charge in [-0.15, -0.1) is 0 Å². The SMILES string of the molecule is NC(=O)C(CCc1ccccc1)C(=O)N(O)c1ccc(Oc2ccc(Cl)cc2)cc1. The Bertz CT molecular complexity index is 992. The predicted octanol–water partition coefficient (Wildman–Crippen LogP) is 4.59. The number of amides is 2. The van der Waals surface area contributed by atoms with Crippen molar-refractivity contribution in [3.8, 4) is 11.5 Å². The zero-order chi connectivity index (χ0) is 21.5. The highest BCUT2D eigenvalue weighted by atomic mass is 35.5. The highest BCUT2D eigenvalue weighted by Crippen LogP contribution is 2.26. The lowest BCUT2D eigenvalue weighted by molar-refractivity contribution is -0.135. The second kappa shape index (κ2) is 9.91. The monoisotopic (exact) mass is 424 g/mol. The van der Waals surface area contributed by atoms with Crippen LogP contribution in [-0.4, -0.2) is 17.0 Å². The molecule has 6 nitrogen and oxygen atoms in total. The van der Waals surface area contributed by atoms with Crippen LogP contribution in [0.15, 0.2) is 78.9 Å². The first-order valence-corrected chi connectivity index (χ1v) is 9.71. The van der Waals surface area contributed by atoms with Gasteiger partial charge in [0.2, 0.25) is 5.91 Å². The van der Waals surface area contributed by atoms with Crippen LogP contribution in [0.5, 0.6) is 11.5 Å². The van der Waals surface area contributed by atoms with E-state index in [-0.39, 0.29) is 12.1 Å². The third-order valence-corrected chi connectivity index (χ3v) is 4.80. The lowest BCUT2D eigenvalue weighted by Crippen LogP contribution is -2.40. The summed E-state index contributed by atoms with van der Waals surface area (Å²) in [6.45, 7) is 0. The van der Waals surface area contributed by atoms with Gasteiger partial charge in [0.05, 0.1) is 5.69 Å². The van der Waals surface area contributed by atoms with Gasteiger partial charge in [0.1, 0.15) is 17.4 Å². The van der Waals surface area contributed by atoms with Crippen LogP contribution in [0.2, 0.25) is 5.02 Å². The lowest BCUT2D eigenvalue weighted by Gasteiger charge is -2.20. The average molecular weight is 425 g/mol. The predicted molar refractivity (Wildman–Crippen MR) is 115 cm³/mol. The molecular formula is C23H21ClN2O4. The number of hydroxylamine groups is 1. The number of primary amides is 1. The fourth-order valence-electron chi connectivity index (χ4n) is 2.91. The Morgan fingerprint density at radius 3 is 2.07 bits per heavy atom. The Kier molecular flexibility index (Phi) is 7.06. The molecule has 0 radical (unpaired) electrons. The van der Waals surface area contributed by atoms with E-state index < -0.39 is 17.7 Å². The molecule has 0 heterocycles. The number of benzene rings is 3. The standard InChI is InChI=1S/C23H21ClN2O4/c24-17-7-11-19(12-8-17)30-20-13-9-18(10-14-20)26(29)23(28)21(22(25)27)15-6-16-4-2-1-3-5-16/h1-5,7-14,21,29H,6,15H2,(H2,25,27). The van der Waals surface area contributed by atoms with Gasteiger partial charge in [0, 0.05) is 5.02 Å². The van der Waals surface area contributed by atoms with Crippen molar-refractivity contribution in [3.63, 3.8) is 0 Å². The molecule has 0 aliphatic heterocycles. The van der Waals surface area contributed by atoms with Crippen molar-refractivity contribution in [2.75, 3.05) is 5.06 Å². The van der Waals surface area contributed by atoms with E-state index in [4.69, 9.17) is 22.1 Å². The largest absolute Gasteiger partial charge is 0.457 e. The molecule has 0 fully saturated rings. The van der Waals surface area contributed by atoms with Gasteiger partial charge in [-0.05, 0) is 66.9 Å². The summed E-state index contributed by atoms with van der Waals surface area (Å²) in [6.07, 6.45) is 0.689. The number of hydrogen-bond acceptors (Lipinski definition) is 4. The molecule has 0 aliphatic carbocycles. The van der Waals surface area contributed by atoms with E-state index in [9.17, 15) is 14.8 Å². The molecule has 0 spiro atoms. The molecule has 3 aromatic carbocycles. The van der Waals surface area contributed by atoms with Crippen LogP contribution < -0.4 is 15.5 Å². The first kappa shape index (κ1) is 21.4. The maximum atomic E-state index is 12.6. The summed E-state index contributed by atoms with van der Waals surface area (Å²) in [4.78, 5) is 24.5. The number of hydrogen-bond donors (Lipinski definition) is 2. The highest BCUT2D eigenvalue weighted by Gasteiger charge is 2.29. The fraction of sp³-hybridized carbons (Fsp3) is 0.130. The number of aryl methyl sites for hydroxylation is 1. The maximum absolute atomic E-state index is 12.6. The molecule has 30 heavy (non-hydrogen) atoms. The van der Waals surface area contributed by atoms with Crippen LogP contribution in [0.3, 0.4) is 0 Å². The number of rotatable bonds is 8. The number of anilines is 1. The number of ether oxygens (including phenoxy) is 1. The summed E-state index contributed by atoms with van der Waals surface area (Å²) in [7, 11) is 0. The van der Waals surface area contributed by atoms with E-state index >= 15 is 0 Å². The number of carbonyl (C=O) groups excluding carboxylic acids is 2. The van der Waals surface area contributed by atoms with Crippen molar-refractivity contribution < 1.29 is 19.5 Å². The molecule has 1 atom stereocenters. The number of nitrogens with zero attached hydrogens (tertiary/aromatic N) is 1. The molecule has 0 aliphatic rings. The zero-order valence-electron chi connectivity index (χ0n) is 16.1. The summed E-state index contributed by atoms with van der Waals surface area (Å²) in [5.74, 6) is -1.58. The van der Waals surface area contributed by atoms with E-state index in [0.717, 1.165) is 5.56 Å². The van der Waals surface area contributed by atoms with Gasteiger partial charge in [-0.1, -0.05) is 41.9 Å². The van der Waals surface area contributed by atoms with Crippen LogP contribution >= 0.6 is 11.6 Å². The minimum Gasteiger partial charge on any atom is -0.457 e. The molecule has 2 amide bonds. The molecule has 0 saturated heterocycles. The second-order valence-corrected chi connectivity index (χ2v) is 7.12. The average Bonchev–Trinajstić information content (AvgIpc) is 2.76. The molecule has 3 aromatic rings. The van der Waals surface area contributed by atoms with E-state index in [1.807, 2.05) is 30.3 Å². The summed E-state index contributed by atoms with van der Waals surface area (Å²) < 4.78 is 5.68.